The number of rotatable bonds is 4. The maximum atomic E-state index is 12.3. The van der Waals surface area contributed by atoms with Crippen molar-refractivity contribution >= 4 is 35.0 Å². The normalized spacial score (nSPS) is 14.2. The Morgan fingerprint density at radius 3 is 2.72 bits per heavy atom. The number of H-pyrrole nitrogens is 1. The predicted molar refractivity (Wildman–Crippen MR) is 102 cm³/mol. The smallest absolute Gasteiger partial charge is 0.256 e. The van der Waals surface area contributed by atoms with Gasteiger partial charge < -0.3 is 25.9 Å². The molecule has 1 amide bonds. The summed E-state index contributed by atoms with van der Waals surface area (Å²) < 4.78 is 5.26. The number of ether oxygens (including phenoxy) is 1. The molecule has 0 saturated carbocycles. The van der Waals surface area contributed by atoms with E-state index in [9.17, 15) is 4.79 Å². The lowest BCUT2D eigenvalue weighted by Crippen LogP contribution is -2.03. The topological polar surface area (TPSA) is 100 Å². The Balaban J connectivity index is 0.00000109. The zero-order valence-corrected chi connectivity index (χ0v) is 14.6. The van der Waals surface area contributed by atoms with E-state index in [1.807, 2.05) is 13.8 Å². The highest BCUT2D eigenvalue weighted by Crippen LogP contribution is 2.39. The molecule has 1 aromatic heterocycles. The van der Waals surface area contributed by atoms with Crippen LogP contribution in [-0.2, 0) is 4.79 Å². The fourth-order valence-corrected chi connectivity index (χ4v) is 2.62. The Morgan fingerprint density at radius 1 is 1.28 bits per heavy atom. The number of carbonyl (C=O) groups is 1. The van der Waals surface area contributed by atoms with E-state index in [1.54, 1.807) is 49.7 Å². The van der Waals surface area contributed by atoms with Gasteiger partial charge in [0.2, 0.25) is 0 Å². The molecule has 6 nitrogen and oxygen atoms in total. The monoisotopic (exact) mass is 341 g/mol. The van der Waals surface area contributed by atoms with E-state index in [2.05, 4.69) is 10.3 Å². The summed E-state index contributed by atoms with van der Waals surface area (Å²) in [5.74, 6) is 0.441. The molecule has 5 N–H and O–H groups in total. The highest BCUT2D eigenvalue weighted by atomic mass is 16.5. The van der Waals surface area contributed by atoms with Crippen molar-refractivity contribution in [1.82, 2.24) is 4.98 Å². The summed E-state index contributed by atoms with van der Waals surface area (Å²) in [6.45, 7) is 3.90. The second-order valence-corrected chi connectivity index (χ2v) is 5.05. The van der Waals surface area contributed by atoms with Crippen LogP contribution in [0.1, 0.15) is 30.7 Å². The van der Waals surface area contributed by atoms with Crippen LogP contribution in [0, 0.1) is 0 Å². The van der Waals surface area contributed by atoms with Crippen molar-refractivity contribution < 1.29 is 14.6 Å². The minimum Gasteiger partial charge on any atom is -0.495 e. The van der Waals surface area contributed by atoms with Crippen LogP contribution in [0.25, 0.3) is 17.7 Å². The average molecular weight is 341 g/mol. The number of nitrogens with two attached hydrogens (primary N) is 1. The lowest BCUT2D eigenvalue weighted by atomic mass is 9.97. The summed E-state index contributed by atoms with van der Waals surface area (Å²) in [4.78, 5) is 15.4. The van der Waals surface area contributed by atoms with Crippen molar-refractivity contribution in [2.45, 2.75) is 13.8 Å². The summed E-state index contributed by atoms with van der Waals surface area (Å²) in [6.07, 6.45) is 6.77. The average Bonchev–Trinajstić information content (AvgIpc) is 3.21. The number of aliphatic hydroxyl groups is 1. The molecule has 0 aliphatic carbocycles. The number of anilines is 2. The highest BCUT2D eigenvalue weighted by Gasteiger charge is 2.27. The van der Waals surface area contributed by atoms with E-state index in [1.165, 1.54) is 0 Å². The van der Waals surface area contributed by atoms with Crippen molar-refractivity contribution in [2.24, 2.45) is 0 Å². The van der Waals surface area contributed by atoms with Crippen LogP contribution >= 0.6 is 0 Å². The zero-order chi connectivity index (χ0) is 18.4. The van der Waals surface area contributed by atoms with Gasteiger partial charge >= 0.3 is 0 Å². The minimum absolute atomic E-state index is 0.103. The summed E-state index contributed by atoms with van der Waals surface area (Å²) in [5, 5.41) is 11.8. The summed E-state index contributed by atoms with van der Waals surface area (Å²) in [5.41, 5.74) is 9.88. The number of nitrogens with one attached hydrogen (secondary N) is 2. The lowest BCUT2D eigenvalue weighted by molar-refractivity contribution is -0.110. The maximum absolute atomic E-state index is 12.3. The molecule has 0 saturated heterocycles. The first-order valence-corrected chi connectivity index (χ1v) is 8.10. The standard InChI is InChI=1S/C17H17N3O3.C2H6/c1-23-15-6-7-19-14(15)9-11-16-10(3-2-8-21)12(18)4-5-13(16)20-17(11)22;1-2/h2-7,9,19,21H,8,18H2,1H3,(H,20,22);1-2H3/b3-2?,11-9-;. The number of benzene rings is 1. The molecule has 0 bridgehead atoms. The van der Waals surface area contributed by atoms with Crippen LogP contribution in [0.2, 0.25) is 0 Å². The summed E-state index contributed by atoms with van der Waals surface area (Å²) >= 11 is 0. The Kier molecular flexibility index (Phi) is 6.03. The van der Waals surface area contributed by atoms with E-state index >= 15 is 0 Å². The Labute approximate surface area is 147 Å². The third kappa shape index (κ3) is 3.59. The van der Waals surface area contributed by atoms with Crippen molar-refractivity contribution in [3.05, 3.63) is 47.3 Å². The van der Waals surface area contributed by atoms with Gasteiger partial charge in [-0.05, 0) is 24.3 Å². The third-order valence-corrected chi connectivity index (χ3v) is 3.68. The molecule has 6 heteroatoms. The number of hydrogen-bond donors (Lipinski definition) is 4. The van der Waals surface area contributed by atoms with Crippen LogP contribution < -0.4 is 15.8 Å². The molecule has 2 aromatic rings. The number of nitrogen functional groups attached to an aromatic ring is 1. The van der Waals surface area contributed by atoms with Crippen LogP contribution in [0.3, 0.4) is 0 Å². The van der Waals surface area contributed by atoms with Gasteiger partial charge in [-0.15, -0.1) is 0 Å². The Morgan fingerprint density at radius 2 is 2.04 bits per heavy atom. The molecular weight excluding hydrogens is 318 g/mol. The molecule has 0 radical (unpaired) electrons. The SMILES string of the molecule is CC.COc1cc[nH]c1/C=C1\C(=O)Nc2ccc(N)c(C=CCO)c21. The Bertz CT molecular complexity index is 819. The molecule has 1 aliphatic heterocycles. The summed E-state index contributed by atoms with van der Waals surface area (Å²) in [6, 6.07) is 5.28. The van der Waals surface area contributed by atoms with Crippen molar-refractivity contribution in [2.75, 3.05) is 24.8 Å². The quantitative estimate of drug-likeness (QED) is 0.507. The number of carbonyl (C=O) groups excluding carboxylic acids is 1. The second-order valence-electron chi connectivity index (χ2n) is 5.05. The third-order valence-electron chi connectivity index (χ3n) is 3.68. The van der Waals surface area contributed by atoms with Gasteiger partial charge in [0.05, 0.1) is 25.0 Å². The van der Waals surface area contributed by atoms with Gasteiger partial charge in [0.15, 0.2) is 0 Å². The van der Waals surface area contributed by atoms with E-state index in [4.69, 9.17) is 15.6 Å². The molecule has 0 fully saturated rings. The minimum atomic E-state index is -0.207. The molecule has 2 heterocycles. The number of aliphatic hydroxyl groups excluding tert-OH is 1. The van der Waals surface area contributed by atoms with Crippen LogP contribution in [0.4, 0.5) is 11.4 Å². The first-order chi connectivity index (χ1) is 12.2. The van der Waals surface area contributed by atoms with Crippen LogP contribution in [0.15, 0.2) is 30.5 Å². The fourth-order valence-electron chi connectivity index (χ4n) is 2.62. The van der Waals surface area contributed by atoms with Gasteiger partial charge in [0, 0.05) is 28.7 Å². The molecule has 0 atom stereocenters. The van der Waals surface area contributed by atoms with Crippen molar-refractivity contribution in [3.8, 4) is 5.75 Å². The van der Waals surface area contributed by atoms with E-state index < -0.39 is 0 Å². The van der Waals surface area contributed by atoms with E-state index in [0.29, 0.717) is 34.0 Å². The molecule has 3 rings (SSSR count). The van der Waals surface area contributed by atoms with Gasteiger partial charge in [-0.1, -0.05) is 26.0 Å². The van der Waals surface area contributed by atoms with Gasteiger partial charge in [-0.3, -0.25) is 4.79 Å². The molecule has 0 spiro atoms. The molecule has 1 aromatic carbocycles. The number of fused-ring (bicyclic) bond motifs is 1. The van der Waals surface area contributed by atoms with Gasteiger partial charge in [0.1, 0.15) is 5.75 Å². The van der Waals surface area contributed by atoms with Gasteiger partial charge in [0.25, 0.3) is 5.91 Å². The predicted octanol–water partition coefficient (Wildman–Crippen LogP) is 3.13. The Hall–Kier alpha value is -2.99. The zero-order valence-electron chi connectivity index (χ0n) is 14.6. The molecule has 1 aliphatic rings. The molecule has 132 valence electrons. The van der Waals surface area contributed by atoms with Gasteiger partial charge in [-0.25, -0.2) is 0 Å². The maximum Gasteiger partial charge on any atom is 0.256 e. The van der Waals surface area contributed by atoms with Crippen LogP contribution in [-0.4, -0.2) is 29.7 Å². The largest absolute Gasteiger partial charge is 0.495 e. The lowest BCUT2D eigenvalue weighted by Gasteiger charge is -2.08. The first kappa shape index (κ1) is 18.4. The van der Waals surface area contributed by atoms with Crippen molar-refractivity contribution in [3.63, 3.8) is 0 Å². The molecular formula is C19H23N3O3. The number of aromatic amines is 1. The molecule has 0 unspecified atom stereocenters. The van der Waals surface area contributed by atoms with E-state index in [0.717, 1.165) is 5.56 Å². The highest BCUT2D eigenvalue weighted by molar-refractivity contribution is 6.36. The molecule has 25 heavy (non-hydrogen) atoms. The first-order valence-electron chi connectivity index (χ1n) is 8.10. The number of methoxy groups -OCH3 is 1. The number of amides is 1. The summed E-state index contributed by atoms with van der Waals surface area (Å²) in [7, 11) is 1.57. The van der Waals surface area contributed by atoms with E-state index in [-0.39, 0.29) is 12.5 Å². The van der Waals surface area contributed by atoms with Crippen molar-refractivity contribution in [1.29, 1.82) is 0 Å². The van der Waals surface area contributed by atoms with Crippen LogP contribution in [0.5, 0.6) is 5.75 Å². The number of hydrogen-bond acceptors (Lipinski definition) is 4. The second kappa shape index (κ2) is 8.21. The number of aromatic nitrogens is 1. The van der Waals surface area contributed by atoms with Gasteiger partial charge in [-0.2, -0.15) is 0 Å². The fraction of sp³-hybridized carbons (Fsp3) is 0.211.